The largest absolute Gasteiger partial charge is 0.444 e. The lowest BCUT2D eigenvalue weighted by Crippen LogP contribution is -2.38. The molecule has 4 aromatic heterocycles. The van der Waals surface area contributed by atoms with Crippen LogP contribution in [0.15, 0.2) is 146 Å². The van der Waals surface area contributed by atoms with E-state index in [1.165, 1.54) is 17.5 Å². The number of pyridine rings is 2. The van der Waals surface area contributed by atoms with Crippen LogP contribution in [-0.4, -0.2) is 172 Å². The van der Waals surface area contributed by atoms with Crippen molar-refractivity contribution in [1.29, 1.82) is 0 Å². The van der Waals surface area contributed by atoms with E-state index in [0.717, 1.165) is 192 Å². The van der Waals surface area contributed by atoms with Crippen LogP contribution in [0, 0.1) is 13.8 Å². The molecule has 0 aliphatic carbocycles. The van der Waals surface area contributed by atoms with E-state index in [9.17, 15) is 28.8 Å². The molecule has 14 rings (SSSR count). The van der Waals surface area contributed by atoms with Gasteiger partial charge in [0.1, 0.15) is 11.9 Å². The zero-order chi connectivity index (χ0) is 83.1. The molecule has 0 bridgehead atoms. The maximum Gasteiger partial charge on any atom is 0.410 e. The number of benzene rings is 6. The summed E-state index contributed by atoms with van der Waals surface area (Å²) in [5.41, 5.74) is 18.9. The number of hydrogen-bond donors (Lipinski definition) is 8. The van der Waals surface area contributed by atoms with Gasteiger partial charge in [-0.1, -0.05) is 98.8 Å². The lowest BCUT2D eigenvalue weighted by molar-refractivity contribution is 0.0262. The minimum Gasteiger partial charge on any atom is -0.444 e. The Morgan fingerprint density at radius 2 is 0.958 bits per heavy atom. The molecule has 0 spiro atoms. The van der Waals surface area contributed by atoms with E-state index < -0.39 is 5.60 Å². The lowest BCUT2D eigenvalue weighted by Gasteiger charge is -2.26. The molecule has 0 unspecified atom stereocenters. The highest BCUT2D eigenvalue weighted by Gasteiger charge is 2.28. The summed E-state index contributed by atoms with van der Waals surface area (Å²) < 4.78 is 20.3. The van der Waals surface area contributed by atoms with Crippen molar-refractivity contribution in [3.8, 4) is 22.3 Å². The SMILES string of the molecule is CC(C)(C)OC(=O)N1CCCNCC1.CCc1nc2c(cnn2CC)c(NC2CCOCC2)c1CNC(=O)c1cccc(C(=O)NCc2cccc(-c3cccc(C=O)c3)c2C)c1.CCc1nc2c(cnn2CC)c(NC2CCOCC2)c1CNC(=O)c1cccc(C(=O)NCc2cccc(-c3cccc(CN4CCCNCC4)c3)c2C)c1. The van der Waals surface area contributed by atoms with Gasteiger partial charge < -0.3 is 61.6 Å². The Morgan fingerprint density at radius 3 is 1.42 bits per heavy atom. The molecule has 0 saturated carbocycles. The van der Waals surface area contributed by atoms with Crippen molar-refractivity contribution in [1.82, 2.24) is 71.2 Å². The molecule has 5 amide bonds. The van der Waals surface area contributed by atoms with E-state index in [2.05, 4.69) is 128 Å². The first-order valence-corrected chi connectivity index (χ1v) is 42.0. The van der Waals surface area contributed by atoms with Crippen molar-refractivity contribution in [2.45, 2.75) is 177 Å². The second-order valence-corrected chi connectivity index (χ2v) is 31.5. The number of aromatic nitrogens is 6. The van der Waals surface area contributed by atoms with Crippen LogP contribution in [0.5, 0.6) is 0 Å². The van der Waals surface area contributed by atoms with E-state index in [-0.39, 0.29) is 48.4 Å². The first kappa shape index (κ1) is 86.1. The second kappa shape index (κ2) is 41.8. The van der Waals surface area contributed by atoms with Gasteiger partial charge in [0.2, 0.25) is 0 Å². The molecule has 4 aliphatic heterocycles. The van der Waals surface area contributed by atoms with Crippen LogP contribution in [0.2, 0.25) is 0 Å². The van der Waals surface area contributed by atoms with Gasteiger partial charge in [-0.25, -0.2) is 24.1 Å². The number of carbonyl (C=O) groups is 6. The van der Waals surface area contributed by atoms with Crippen molar-refractivity contribution in [2.75, 3.05) is 89.4 Å². The molecule has 4 saturated heterocycles. The van der Waals surface area contributed by atoms with Crippen LogP contribution in [0.1, 0.15) is 189 Å². The van der Waals surface area contributed by atoms with Crippen LogP contribution in [0.4, 0.5) is 16.2 Å². The highest BCUT2D eigenvalue weighted by molar-refractivity contribution is 6.01. The molecule has 4 fully saturated rings. The molecule has 0 atom stereocenters. The van der Waals surface area contributed by atoms with Gasteiger partial charge in [-0.05, 0) is 218 Å². The number of fused-ring (bicyclic) bond motifs is 2. The number of aldehydes is 1. The Hall–Kier alpha value is -11.2. The van der Waals surface area contributed by atoms with Crippen LogP contribution >= 0.6 is 0 Å². The van der Waals surface area contributed by atoms with Gasteiger partial charge in [0.05, 0.1) is 34.5 Å². The van der Waals surface area contributed by atoms with Crippen molar-refractivity contribution in [3.63, 3.8) is 0 Å². The molecule has 118 heavy (non-hydrogen) atoms. The maximum absolute atomic E-state index is 13.6. The van der Waals surface area contributed by atoms with Crippen LogP contribution in [-0.2, 0) is 72.9 Å². The number of nitrogens with zero attached hydrogens (tertiary/aromatic N) is 8. The molecule has 622 valence electrons. The summed E-state index contributed by atoms with van der Waals surface area (Å²) in [5.74, 6) is -1.04. The summed E-state index contributed by atoms with van der Waals surface area (Å²) in [6.45, 7) is 32.2. The summed E-state index contributed by atoms with van der Waals surface area (Å²) in [7, 11) is 0. The summed E-state index contributed by atoms with van der Waals surface area (Å²) in [6.07, 6.45) is 11.5. The first-order valence-electron chi connectivity index (χ1n) is 42.0. The number of anilines is 2. The summed E-state index contributed by atoms with van der Waals surface area (Å²) >= 11 is 0. The number of ether oxygens (including phenoxy) is 3. The number of rotatable bonds is 25. The Labute approximate surface area is 692 Å². The summed E-state index contributed by atoms with van der Waals surface area (Å²) in [4.78, 5) is 91.1. The van der Waals surface area contributed by atoms with Gasteiger partial charge in [0.25, 0.3) is 23.6 Å². The fourth-order valence-corrected chi connectivity index (χ4v) is 15.6. The molecule has 25 heteroatoms. The minimum atomic E-state index is -0.392. The number of amides is 5. The molecule has 8 N–H and O–H groups in total. The van der Waals surface area contributed by atoms with Gasteiger partial charge in [-0.2, -0.15) is 10.2 Å². The Bertz CT molecular complexity index is 5120. The molecule has 6 aromatic carbocycles. The normalized spacial score (nSPS) is 15.0. The first-order chi connectivity index (χ1) is 57.3. The molecular formula is C93H116N16O9. The van der Waals surface area contributed by atoms with Crippen LogP contribution in [0.3, 0.4) is 0 Å². The van der Waals surface area contributed by atoms with Crippen LogP contribution in [0.25, 0.3) is 44.3 Å². The third kappa shape index (κ3) is 22.5. The van der Waals surface area contributed by atoms with Crippen molar-refractivity contribution in [3.05, 3.63) is 224 Å². The minimum absolute atomic E-state index is 0.193. The number of aryl methyl sites for hydroxylation is 4. The van der Waals surface area contributed by atoms with Crippen molar-refractivity contribution >= 4 is 69.4 Å². The molecule has 10 aromatic rings. The van der Waals surface area contributed by atoms with E-state index in [4.69, 9.17) is 24.2 Å². The smallest absolute Gasteiger partial charge is 0.410 e. The zero-order valence-corrected chi connectivity index (χ0v) is 69.9. The Balaban J connectivity index is 0.000000187. The quantitative estimate of drug-likeness (QED) is 0.0247. The highest BCUT2D eigenvalue weighted by Crippen LogP contribution is 2.35. The van der Waals surface area contributed by atoms with Crippen LogP contribution < -0.4 is 42.5 Å². The van der Waals surface area contributed by atoms with E-state index in [1.54, 1.807) is 59.5 Å². The molecule has 8 heterocycles. The molecule has 4 aliphatic rings. The van der Waals surface area contributed by atoms with E-state index >= 15 is 0 Å². The number of hydrogen-bond acceptors (Lipinski definition) is 18. The molecule has 25 nitrogen and oxygen atoms in total. The fourth-order valence-electron chi connectivity index (χ4n) is 15.6. The van der Waals surface area contributed by atoms with Gasteiger partial charge in [-0.15, -0.1) is 0 Å². The molecular weight excluding hydrogens is 1490 g/mol. The number of carbonyl (C=O) groups excluding carboxylic acids is 6. The standard InChI is InChI=1S/C44H54N8O3.C39H42N6O4.C10H20N2O2/c1-4-40-38(41(49-36-16-22-55-23-17-36)39-28-48-52(5-2)42(39)50-40)27-47-44(54)34-13-7-12-33(25-34)43(53)46-26-35-14-8-15-37(30(35)3)32-11-6-10-31(24-32)29-51-20-9-18-45-19-21-51;1-4-35-33(36(43-31-15-17-49-18-16-31)34-23-42-45(5-2)37(34)44-35)22-41-39(48)29-12-7-11-28(20-29)38(47)40-21-30-13-8-14-32(25(30)3)27-10-6-9-26(19-27)24-46;1-10(2,3)14-9(13)12-7-4-5-11-6-8-12/h6-8,10-15,24-25,28,36,45H,4-5,9,16-23,26-27,29H2,1-3H3,(H,46,53)(H,47,54)(H,49,50);6-14,19-20,23-24,31H,4-5,15-18,21-22H2,1-3H3,(H,40,47)(H,41,48)(H,43,44);11H,4-8H2,1-3H3. The van der Waals surface area contributed by atoms with Crippen molar-refractivity contribution < 1.29 is 43.0 Å². The summed E-state index contributed by atoms with van der Waals surface area (Å²) in [5, 5.41) is 37.6. The van der Waals surface area contributed by atoms with E-state index in [1.807, 2.05) is 92.8 Å². The maximum atomic E-state index is 13.6. The van der Waals surface area contributed by atoms with Gasteiger partial charge >= 0.3 is 6.09 Å². The fraction of sp³-hybridized carbons (Fsp3) is 0.419. The zero-order valence-electron chi connectivity index (χ0n) is 69.9. The average molecular weight is 1600 g/mol. The van der Waals surface area contributed by atoms with Gasteiger partial charge in [0, 0.05) is 167 Å². The average Bonchev–Trinajstić information content (AvgIpc) is 1.59. The monoisotopic (exact) mass is 1600 g/mol. The molecule has 0 radical (unpaired) electrons. The van der Waals surface area contributed by atoms with Crippen molar-refractivity contribution in [2.24, 2.45) is 0 Å². The number of nitrogens with one attached hydrogen (secondary N) is 8. The Kier molecular flexibility index (Phi) is 30.5. The highest BCUT2D eigenvalue weighted by atomic mass is 16.6. The van der Waals surface area contributed by atoms with Gasteiger partial charge in [-0.3, -0.25) is 28.9 Å². The Morgan fingerprint density at radius 1 is 0.517 bits per heavy atom. The topological polar surface area (TPSA) is 294 Å². The predicted molar refractivity (Wildman–Crippen MR) is 464 cm³/mol. The third-order valence-corrected chi connectivity index (χ3v) is 22.2. The lowest BCUT2D eigenvalue weighted by atomic mass is 9.95. The second-order valence-electron chi connectivity index (χ2n) is 31.5. The predicted octanol–water partition coefficient (Wildman–Crippen LogP) is 13.7. The van der Waals surface area contributed by atoms with E-state index in [0.29, 0.717) is 99.8 Å². The van der Waals surface area contributed by atoms with Gasteiger partial charge in [0.15, 0.2) is 11.3 Å². The summed E-state index contributed by atoms with van der Waals surface area (Å²) in [6, 6.07) is 42.6. The third-order valence-electron chi connectivity index (χ3n) is 22.2.